The molecule has 2 aliphatic rings. The quantitative estimate of drug-likeness (QED) is 0.852. The van der Waals surface area contributed by atoms with E-state index in [1.54, 1.807) is 4.90 Å². The number of rotatable bonds is 2. The highest BCUT2D eigenvalue weighted by atomic mass is 16.4. The summed E-state index contributed by atoms with van der Waals surface area (Å²) in [6.45, 7) is 6.59. The zero-order chi connectivity index (χ0) is 15.4. The summed E-state index contributed by atoms with van der Waals surface area (Å²) in [6, 6.07) is -0.700. The molecule has 120 valence electrons. The number of aliphatic carboxylic acids is 1. The van der Waals surface area contributed by atoms with Gasteiger partial charge in [-0.2, -0.15) is 0 Å². The number of carboxylic acids is 1. The Kier molecular flexibility index (Phi) is 5.48. The molecule has 2 rings (SSSR count). The molecule has 2 amide bonds. The van der Waals surface area contributed by atoms with E-state index in [1.807, 2.05) is 4.90 Å². The van der Waals surface area contributed by atoms with Crippen LogP contribution >= 0.6 is 0 Å². The molecule has 1 atom stereocenters. The molecule has 0 aromatic heterocycles. The first-order chi connectivity index (χ1) is 10.0. The van der Waals surface area contributed by atoms with Crippen LogP contribution in [0.2, 0.25) is 0 Å². The average Bonchev–Trinajstić information content (AvgIpc) is 2.72. The Labute approximate surface area is 127 Å². The number of hydrogen-bond acceptors (Lipinski definition) is 2. The summed E-state index contributed by atoms with van der Waals surface area (Å²) in [6.07, 6.45) is 5.49. The van der Waals surface area contributed by atoms with E-state index in [-0.39, 0.29) is 6.03 Å². The van der Waals surface area contributed by atoms with Crippen molar-refractivity contribution in [1.29, 1.82) is 0 Å². The van der Waals surface area contributed by atoms with E-state index in [9.17, 15) is 14.7 Å². The van der Waals surface area contributed by atoms with Crippen LogP contribution in [-0.2, 0) is 4.79 Å². The van der Waals surface area contributed by atoms with Gasteiger partial charge in [-0.1, -0.05) is 26.7 Å². The Morgan fingerprint density at radius 2 is 1.67 bits per heavy atom. The summed E-state index contributed by atoms with van der Waals surface area (Å²) < 4.78 is 0. The van der Waals surface area contributed by atoms with Gasteiger partial charge in [-0.25, -0.2) is 9.59 Å². The summed E-state index contributed by atoms with van der Waals surface area (Å²) >= 11 is 0. The fourth-order valence-corrected chi connectivity index (χ4v) is 3.53. The molecule has 0 aromatic rings. The van der Waals surface area contributed by atoms with Crippen molar-refractivity contribution in [3.8, 4) is 0 Å². The normalized spacial score (nSPS) is 25.0. The summed E-state index contributed by atoms with van der Waals surface area (Å²) in [4.78, 5) is 27.6. The van der Waals surface area contributed by atoms with Gasteiger partial charge in [-0.15, -0.1) is 0 Å². The van der Waals surface area contributed by atoms with Crippen LogP contribution < -0.4 is 0 Å². The number of carbonyl (C=O) groups excluding carboxylic acids is 1. The second-order valence-electron chi connectivity index (χ2n) is 6.75. The number of carbonyl (C=O) groups is 2. The third kappa shape index (κ3) is 3.89. The Balaban J connectivity index is 1.99. The molecule has 0 bridgehead atoms. The van der Waals surface area contributed by atoms with Crippen molar-refractivity contribution in [3.05, 3.63) is 0 Å². The largest absolute Gasteiger partial charge is 0.480 e. The fraction of sp³-hybridized carbons (Fsp3) is 0.875. The third-order valence-corrected chi connectivity index (χ3v) is 5.04. The minimum Gasteiger partial charge on any atom is -0.480 e. The molecule has 0 saturated carbocycles. The summed E-state index contributed by atoms with van der Waals surface area (Å²) in [5, 5.41) is 9.38. The van der Waals surface area contributed by atoms with E-state index in [1.165, 1.54) is 0 Å². The van der Waals surface area contributed by atoms with E-state index in [2.05, 4.69) is 13.8 Å². The highest BCUT2D eigenvalue weighted by molar-refractivity contribution is 5.82. The van der Waals surface area contributed by atoms with E-state index < -0.39 is 12.0 Å². The van der Waals surface area contributed by atoms with Crippen LogP contribution in [0, 0.1) is 11.8 Å². The van der Waals surface area contributed by atoms with Crippen molar-refractivity contribution >= 4 is 12.0 Å². The van der Waals surface area contributed by atoms with Crippen molar-refractivity contribution in [2.24, 2.45) is 11.8 Å². The van der Waals surface area contributed by atoms with Gasteiger partial charge in [0, 0.05) is 19.6 Å². The van der Waals surface area contributed by atoms with Gasteiger partial charge in [0.15, 0.2) is 0 Å². The standard InChI is InChI=1S/C16H28N2O3/c1-12(2)13-7-10-17(11-8-13)16(21)18-9-5-3-4-6-14(18)15(19)20/h12-14H,3-11H2,1-2H3,(H,19,20). The number of carboxylic acid groups (broad SMARTS) is 1. The lowest BCUT2D eigenvalue weighted by Gasteiger charge is -2.38. The van der Waals surface area contributed by atoms with Crippen LogP contribution in [-0.4, -0.2) is 52.6 Å². The Bertz CT molecular complexity index is 376. The highest BCUT2D eigenvalue weighted by Gasteiger charge is 2.34. The number of urea groups is 1. The van der Waals surface area contributed by atoms with Gasteiger partial charge in [0.25, 0.3) is 0 Å². The molecule has 2 saturated heterocycles. The van der Waals surface area contributed by atoms with Crippen LogP contribution in [0.4, 0.5) is 4.79 Å². The molecule has 2 fully saturated rings. The first kappa shape index (κ1) is 16.1. The Morgan fingerprint density at radius 1 is 1.00 bits per heavy atom. The molecular weight excluding hydrogens is 268 g/mol. The summed E-state index contributed by atoms with van der Waals surface area (Å²) in [5.74, 6) is 0.489. The van der Waals surface area contributed by atoms with Crippen LogP contribution in [0.1, 0.15) is 52.4 Å². The van der Waals surface area contributed by atoms with Crippen molar-refractivity contribution in [2.75, 3.05) is 19.6 Å². The first-order valence-corrected chi connectivity index (χ1v) is 8.29. The molecule has 0 radical (unpaired) electrons. The van der Waals surface area contributed by atoms with E-state index in [4.69, 9.17) is 0 Å². The molecular formula is C16H28N2O3. The zero-order valence-corrected chi connectivity index (χ0v) is 13.3. The Hall–Kier alpha value is -1.26. The SMILES string of the molecule is CC(C)C1CCN(C(=O)N2CCCCCC2C(=O)O)CC1. The van der Waals surface area contributed by atoms with Crippen molar-refractivity contribution in [2.45, 2.75) is 58.4 Å². The van der Waals surface area contributed by atoms with E-state index >= 15 is 0 Å². The van der Waals surface area contributed by atoms with Crippen molar-refractivity contribution in [3.63, 3.8) is 0 Å². The third-order valence-electron chi connectivity index (χ3n) is 5.04. The molecule has 1 N–H and O–H groups in total. The fourth-order valence-electron chi connectivity index (χ4n) is 3.53. The second-order valence-corrected chi connectivity index (χ2v) is 6.75. The van der Waals surface area contributed by atoms with Gasteiger partial charge >= 0.3 is 12.0 Å². The van der Waals surface area contributed by atoms with Crippen molar-refractivity contribution in [1.82, 2.24) is 9.80 Å². The second kappa shape index (κ2) is 7.14. The number of amides is 2. The lowest BCUT2D eigenvalue weighted by Crippen LogP contribution is -2.52. The maximum atomic E-state index is 12.7. The van der Waals surface area contributed by atoms with Crippen LogP contribution in [0.3, 0.4) is 0 Å². The lowest BCUT2D eigenvalue weighted by atomic mass is 9.87. The average molecular weight is 296 g/mol. The van der Waals surface area contributed by atoms with Crippen LogP contribution in [0.5, 0.6) is 0 Å². The highest BCUT2D eigenvalue weighted by Crippen LogP contribution is 2.26. The summed E-state index contributed by atoms with van der Waals surface area (Å²) in [5.41, 5.74) is 0. The number of piperidine rings is 1. The Morgan fingerprint density at radius 3 is 2.24 bits per heavy atom. The molecule has 0 aromatic carbocycles. The first-order valence-electron chi connectivity index (χ1n) is 8.29. The lowest BCUT2D eigenvalue weighted by molar-refractivity contribution is -0.142. The van der Waals surface area contributed by atoms with Gasteiger partial charge in [0.05, 0.1) is 0 Å². The smallest absolute Gasteiger partial charge is 0.326 e. The van der Waals surface area contributed by atoms with Crippen LogP contribution in [0.15, 0.2) is 0 Å². The predicted molar refractivity (Wildman–Crippen MR) is 81.1 cm³/mol. The molecule has 1 unspecified atom stereocenters. The van der Waals surface area contributed by atoms with Gasteiger partial charge < -0.3 is 14.9 Å². The van der Waals surface area contributed by atoms with E-state index in [0.717, 1.165) is 45.2 Å². The molecule has 21 heavy (non-hydrogen) atoms. The van der Waals surface area contributed by atoms with Gasteiger partial charge in [0.2, 0.25) is 0 Å². The monoisotopic (exact) mass is 296 g/mol. The number of hydrogen-bond donors (Lipinski definition) is 1. The maximum absolute atomic E-state index is 12.7. The van der Waals surface area contributed by atoms with Gasteiger partial charge in [-0.3, -0.25) is 0 Å². The van der Waals surface area contributed by atoms with Gasteiger partial charge in [-0.05, 0) is 37.5 Å². The van der Waals surface area contributed by atoms with Crippen molar-refractivity contribution < 1.29 is 14.7 Å². The minimum atomic E-state index is -0.859. The number of likely N-dealkylation sites (tertiary alicyclic amines) is 2. The molecule has 0 spiro atoms. The zero-order valence-electron chi connectivity index (χ0n) is 13.3. The van der Waals surface area contributed by atoms with E-state index in [0.29, 0.717) is 24.8 Å². The summed E-state index contributed by atoms with van der Waals surface area (Å²) in [7, 11) is 0. The molecule has 5 nitrogen and oxygen atoms in total. The molecule has 2 heterocycles. The van der Waals surface area contributed by atoms with Crippen LogP contribution in [0.25, 0.3) is 0 Å². The van der Waals surface area contributed by atoms with Gasteiger partial charge in [0.1, 0.15) is 6.04 Å². The topological polar surface area (TPSA) is 60.9 Å². The predicted octanol–water partition coefficient (Wildman–Crippen LogP) is 2.80. The molecule has 2 aliphatic heterocycles. The molecule has 0 aliphatic carbocycles. The number of nitrogens with zero attached hydrogens (tertiary/aromatic N) is 2. The maximum Gasteiger partial charge on any atom is 0.326 e. The minimum absolute atomic E-state index is 0.0634. The molecule has 5 heteroatoms.